The molecule has 1 unspecified atom stereocenters. The van der Waals surface area contributed by atoms with Crippen LogP contribution in [0.3, 0.4) is 0 Å². The van der Waals surface area contributed by atoms with Crippen LogP contribution in [0, 0.1) is 12.3 Å². The van der Waals surface area contributed by atoms with Crippen molar-refractivity contribution in [2.45, 2.75) is 66.6 Å². The third-order valence-electron chi connectivity index (χ3n) is 4.64. The highest BCUT2D eigenvalue weighted by molar-refractivity contribution is 5.89. The average Bonchev–Trinajstić information content (AvgIpc) is 2.90. The van der Waals surface area contributed by atoms with Crippen LogP contribution in [0.5, 0.6) is 11.5 Å². The van der Waals surface area contributed by atoms with Gasteiger partial charge in [0.2, 0.25) is 0 Å². The Hall–Kier alpha value is -1.71. The topological polar surface area (TPSA) is 44.5 Å². The second kappa shape index (κ2) is 4.18. The summed E-state index contributed by atoms with van der Waals surface area (Å²) in [6, 6.07) is 0. The van der Waals surface area contributed by atoms with Crippen LogP contribution in [0.15, 0.2) is 10.8 Å². The number of aromatic nitrogens is 1. The predicted octanol–water partition coefficient (Wildman–Crippen LogP) is 4.97. The lowest BCUT2D eigenvalue weighted by atomic mass is 9.83. The highest BCUT2D eigenvalue weighted by Crippen LogP contribution is 2.53. The summed E-state index contributed by atoms with van der Waals surface area (Å²) in [7, 11) is 0. The second-order valence-corrected chi connectivity index (χ2v) is 8.34. The van der Waals surface area contributed by atoms with E-state index < -0.39 is 5.79 Å². The minimum atomic E-state index is -0.720. The molecule has 1 aliphatic rings. The molecule has 4 heteroatoms. The smallest absolute Gasteiger partial charge is 0.253 e. The molecule has 0 saturated carbocycles. The summed E-state index contributed by atoms with van der Waals surface area (Å²) in [5, 5.41) is 0. The first-order valence-corrected chi connectivity index (χ1v) is 7.74. The number of rotatable bonds is 0. The van der Waals surface area contributed by atoms with E-state index in [-0.39, 0.29) is 10.8 Å². The first-order chi connectivity index (χ1) is 9.96. The summed E-state index contributed by atoms with van der Waals surface area (Å²) in [5.41, 5.74) is 3.50. The zero-order valence-corrected chi connectivity index (χ0v) is 14.7. The average molecular weight is 303 g/mol. The van der Waals surface area contributed by atoms with Gasteiger partial charge in [-0.2, -0.15) is 0 Å². The molecular formula is C18H25NO3. The molecule has 2 aromatic rings. The van der Waals surface area contributed by atoms with Crippen LogP contribution in [-0.2, 0) is 5.41 Å². The van der Waals surface area contributed by atoms with Crippen molar-refractivity contribution in [1.29, 1.82) is 0 Å². The van der Waals surface area contributed by atoms with Crippen molar-refractivity contribution in [3.05, 3.63) is 17.5 Å². The molecule has 0 N–H and O–H groups in total. The van der Waals surface area contributed by atoms with Crippen LogP contribution in [0.2, 0.25) is 0 Å². The number of oxazole rings is 1. The molecule has 1 atom stereocenters. The zero-order chi connectivity index (χ0) is 16.5. The molecular weight excluding hydrogens is 278 g/mol. The fraction of sp³-hybridized carbons (Fsp3) is 0.611. The molecule has 3 rings (SSSR count). The summed E-state index contributed by atoms with van der Waals surface area (Å²) in [6.07, 6.45) is 1.48. The molecule has 0 spiro atoms. The minimum absolute atomic E-state index is 0.0685. The molecule has 22 heavy (non-hydrogen) atoms. The lowest BCUT2D eigenvalue weighted by Gasteiger charge is -2.35. The Balaban J connectivity index is 2.31. The quantitative estimate of drug-likeness (QED) is 0.689. The molecule has 1 aromatic heterocycles. The molecule has 1 aliphatic heterocycles. The van der Waals surface area contributed by atoms with Crippen molar-refractivity contribution in [3.8, 4) is 11.5 Å². The van der Waals surface area contributed by atoms with Gasteiger partial charge >= 0.3 is 0 Å². The van der Waals surface area contributed by atoms with Crippen molar-refractivity contribution in [2.75, 3.05) is 0 Å². The SMILES string of the molecule is Cc1c2c(c3ncoc3c1C(C)(C)C)OC(C)(C(C)(C)C)O2. The molecule has 1 aromatic carbocycles. The van der Waals surface area contributed by atoms with Crippen molar-refractivity contribution < 1.29 is 13.9 Å². The largest absolute Gasteiger partial charge is 0.448 e. The molecule has 120 valence electrons. The highest BCUT2D eigenvalue weighted by Gasteiger charge is 2.49. The summed E-state index contributed by atoms with van der Waals surface area (Å²) in [6.45, 7) is 16.9. The van der Waals surface area contributed by atoms with Crippen LogP contribution < -0.4 is 9.47 Å². The Kier molecular flexibility index (Phi) is 2.89. The molecule has 0 fully saturated rings. The lowest BCUT2D eigenvalue weighted by molar-refractivity contribution is -0.142. The van der Waals surface area contributed by atoms with E-state index in [2.05, 4.69) is 53.5 Å². The maximum atomic E-state index is 6.30. The van der Waals surface area contributed by atoms with Gasteiger partial charge in [-0.15, -0.1) is 0 Å². The molecule has 0 aliphatic carbocycles. The first-order valence-electron chi connectivity index (χ1n) is 7.74. The number of benzene rings is 1. The highest BCUT2D eigenvalue weighted by atomic mass is 16.7. The van der Waals surface area contributed by atoms with E-state index in [4.69, 9.17) is 13.9 Å². The molecule has 0 saturated heterocycles. The van der Waals surface area contributed by atoms with Gasteiger partial charge in [0, 0.05) is 23.5 Å². The van der Waals surface area contributed by atoms with E-state index in [0.29, 0.717) is 5.75 Å². The summed E-state index contributed by atoms with van der Waals surface area (Å²) in [5.74, 6) is 0.776. The van der Waals surface area contributed by atoms with Crippen molar-refractivity contribution in [1.82, 2.24) is 4.98 Å². The van der Waals surface area contributed by atoms with Gasteiger partial charge in [0.25, 0.3) is 5.79 Å². The Bertz CT molecular complexity index is 746. The standard InChI is InChI=1S/C18H25NO3/c1-10-11(16(2,3)4)14-12(19-9-20-14)15-13(10)21-18(8,22-15)17(5,6)7/h9H,1-8H3. The van der Waals surface area contributed by atoms with Crippen molar-refractivity contribution in [3.63, 3.8) is 0 Å². The monoisotopic (exact) mass is 303 g/mol. The van der Waals surface area contributed by atoms with E-state index >= 15 is 0 Å². The van der Waals surface area contributed by atoms with Crippen LogP contribution >= 0.6 is 0 Å². The van der Waals surface area contributed by atoms with Gasteiger partial charge in [-0.3, -0.25) is 0 Å². The van der Waals surface area contributed by atoms with Gasteiger partial charge in [-0.1, -0.05) is 41.5 Å². The van der Waals surface area contributed by atoms with E-state index in [9.17, 15) is 0 Å². The molecule has 2 heterocycles. The summed E-state index contributed by atoms with van der Waals surface area (Å²) >= 11 is 0. The van der Waals surface area contributed by atoms with Crippen LogP contribution in [0.1, 0.15) is 59.6 Å². The van der Waals surface area contributed by atoms with E-state index in [1.165, 1.54) is 6.39 Å². The van der Waals surface area contributed by atoms with Gasteiger partial charge in [0.1, 0.15) is 0 Å². The van der Waals surface area contributed by atoms with E-state index in [0.717, 1.165) is 28.0 Å². The Morgan fingerprint density at radius 3 is 2.14 bits per heavy atom. The fourth-order valence-corrected chi connectivity index (χ4v) is 2.98. The van der Waals surface area contributed by atoms with Gasteiger partial charge in [0.05, 0.1) is 0 Å². The first kappa shape index (κ1) is 15.2. The number of hydrogen-bond donors (Lipinski definition) is 0. The van der Waals surface area contributed by atoms with Crippen molar-refractivity contribution >= 4 is 11.1 Å². The maximum absolute atomic E-state index is 6.30. The maximum Gasteiger partial charge on any atom is 0.253 e. The van der Waals surface area contributed by atoms with Gasteiger partial charge in [-0.05, 0) is 12.3 Å². The predicted molar refractivity (Wildman–Crippen MR) is 86.6 cm³/mol. The van der Waals surface area contributed by atoms with Crippen molar-refractivity contribution in [2.24, 2.45) is 5.41 Å². The van der Waals surface area contributed by atoms with Gasteiger partial charge in [-0.25, -0.2) is 4.98 Å². The van der Waals surface area contributed by atoms with Gasteiger partial charge in [0.15, 0.2) is 29.0 Å². The summed E-state index contributed by atoms with van der Waals surface area (Å²) < 4.78 is 18.2. The third-order valence-corrected chi connectivity index (χ3v) is 4.64. The third kappa shape index (κ3) is 1.93. The number of hydrogen-bond acceptors (Lipinski definition) is 4. The van der Waals surface area contributed by atoms with E-state index in [1.54, 1.807) is 0 Å². The molecule has 0 radical (unpaired) electrons. The molecule has 0 amide bonds. The van der Waals surface area contributed by atoms with Gasteiger partial charge < -0.3 is 13.9 Å². The second-order valence-electron chi connectivity index (χ2n) is 8.34. The number of nitrogens with zero attached hydrogens (tertiary/aromatic N) is 1. The lowest BCUT2D eigenvalue weighted by Crippen LogP contribution is -2.47. The number of fused-ring (bicyclic) bond motifs is 3. The number of ether oxygens (including phenoxy) is 2. The van der Waals surface area contributed by atoms with Crippen LogP contribution in [0.4, 0.5) is 0 Å². The van der Waals surface area contributed by atoms with E-state index in [1.807, 2.05) is 6.92 Å². The van der Waals surface area contributed by atoms with Crippen LogP contribution in [0.25, 0.3) is 11.1 Å². The van der Waals surface area contributed by atoms with Crippen LogP contribution in [-0.4, -0.2) is 10.8 Å². The Morgan fingerprint density at radius 1 is 1.00 bits per heavy atom. The Labute approximate surface area is 131 Å². The normalized spacial score (nSPS) is 21.6. The molecule has 4 nitrogen and oxygen atoms in total. The Morgan fingerprint density at radius 2 is 1.59 bits per heavy atom. The fourth-order valence-electron chi connectivity index (χ4n) is 2.98. The summed E-state index contributed by atoms with van der Waals surface area (Å²) in [4.78, 5) is 4.38. The zero-order valence-electron chi connectivity index (χ0n) is 14.7. The molecule has 0 bridgehead atoms. The minimum Gasteiger partial charge on any atom is -0.448 e.